The molecule has 19 heavy (non-hydrogen) atoms. The van der Waals surface area contributed by atoms with Crippen molar-refractivity contribution >= 4 is 0 Å². The molecule has 2 aromatic rings. The average Bonchev–Trinajstić information content (AvgIpc) is 2.86. The van der Waals surface area contributed by atoms with E-state index in [-0.39, 0.29) is 5.92 Å². The molecule has 0 amide bonds. The van der Waals surface area contributed by atoms with Gasteiger partial charge in [0.1, 0.15) is 0 Å². The maximum Gasteiger partial charge on any atom is 0.416 e. The largest absolute Gasteiger partial charge is 0.416 e. The van der Waals surface area contributed by atoms with Crippen LogP contribution in [0.5, 0.6) is 0 Å². The van der Waals surface area contributed by atoms with Gasteiger partial charge in [0, 0.05) is 24.4 Å². The van der Waals surface area contributed by atoms with Crippen LogP contribution in [0.15, 0.2) is 36.5 Å². The third-order valence-electron chi connectivity index (χ3n) is 2.95. The number of hydrogen-bond acceptors (Lipinski definition) is 2. The van der Waals surface area contributed by atoms with Crippen molar-refractivity contribution in [2.75, 3.05) is 6.54 Å². The second-order valence-electron chi connectivity index (χ2n) is 4.35. The van der Waals surface area contributed by atoms with Crippen molar-refractivity contribution in [1.29, 1.82) is 0 Å². The minimum atomic E-state index is -4.36. The average molecular weight is 269 g/mol. The van der Waals surface area contributed by atoms with Gasteiger partial charge in [-0.3, -0.25) is 0 Å². The quantitative estimate of drug-likeness (QED) is 0.931. The molecule has 2 N–H and O–H groups in total. The Morgan fingerprint density at radius 2 is 2.05 bits per heavy atom. The third kappa shape index (κ3) is 2.78. The van der Waals surface area contributed by atoms with E-state index < -0.39 is 11.7 Å². The van der Waals surface area contributed by atoms with Crippen LogP contribution in [0, 0.1) is 0 Å². The van der Waals surface area contributed by atoms with Gasteiger partial charge in [-0.05, 0) is 24.3 Å². The van der Waals surface area contributed by atoms with Gasteiger partial charge in [0.2, 0.25) is 0 Å². The Morgan fingerprint density at radius 1 is 1.32 bits per heavy atom. The van der Waals surface area contributed by atoms with Gasteiger partial charge in [-0.1, -0.05) is 13.0 Å². The molecule has 0 bridgehead atoms. The zero-order chi connectivity index (χ0) is 14.0. The van der Waals surface area contributed by atoms with Gasteiger partial charge in [0.15, 0.2) is 0 Å². The molecule has 0 aliphatic heterocycles. The van der Waals surface area contributed by atoms with Gasteiger partial charge < -0.3 is 5.73 Å². The van der Waals surface area contributed by atoms with Crippen molar-refractivity contribution in [3.8, 4) is 5.69 Å². The maximum absolute atomic E-state index is 12.7. The number of rotatable bonds is 3. The van der Waals surface area contributed by atoms with Crippen LogP contribution in [0.2, 0.25) is 0 Å². The highest BCUT2D eigenvalue weighted by atomic mass is 19.4. The Labute approximate surface area is 108 Å². The lowest BCUT2D eigenvalue weighted by Gasteiger charge is -2.14. The molecule has 102 valence electrons. The zero-order valence-corrected chi connectivity index (χ0v) is 10.4. The van der Waals surface area contributed by atoms with Gasteiger partial charge in [0.25, 0.3) is 0 Å². The van der Waals surface area contributed by atoms with E-state index >= 15 is 0 Å². The van der Waals surface area contributed by atoms with Crippen molar-refractivity contribution in [2.24, 2.45) is 5.73 Å². The maximum atomic E-state index is 12.7. The van der Waals surface area contributed by atoms with Crippen molar-refractivity contribution in [3.05, 3.63) is 47.8 Å². The summed E-state index contributed by atoms with van der Waals surface area (Å²) in [6, 6.07) is 6.85. The van der Waals surface area contributed by atoms with E-state index in [4.69, 9.17) is 5.73 Å². The first kappa shape index (κ1) is 13.6. The fourth-order valence-electron chi connectivity index (χ4n) is 1.84. The van der Waals surface area contributed by atoms with Crippen LogP contribution in [-0.2, 0) is 6.18 Å². The topological polar surface area (TPSA) is 43.8 Å². The Hall–Kier alpha value is -1.82. The second-order valence-corrected chi connectivity index (χ2v) is 4.35. The normalized spacial score (nSPS) is 13.5. The molecule has 0 radical (unpaired) electrons. The van der Waals surface area contributed by atoms with E-state index in [0.29, 0.717) is 12.2 Å². The summed E-state index contributed by atoms with van der Waals surface area (Å²) in [6.45, 7) is 2.31. The van der Waals surface area contributed by atoms with E-state index in [2.05, 4.69) is 5.10 Å². The smallest absolute Gasteiger partial charge is 0.330 e. The number of halogens is 3. The standard InChI is InChI=1S/C13H14F3N3/c1-9(8-17)12-5-6-18-19(12)11-4-2-3-10(7-11)13(14,15)16/h2-7,9H,8,17H2,1H3. The predicted octanol–water partition coefficient (Wildman–Crippen LogP) is 2.95. The monoisotopic (exact) mass is 269 g/mol. The van der Waals surface area contributed by atoms with E-state index in [1.54, 1.807) is 18.3 Å². The number of nitrogens with two attached hydrogens (primary N) is 1. The van der Waals surface area contributed by atoms with Crippen molar-refractivity contribution < 1.29 is 13.2 Å². The molecule has 1 heterocycles. The lowest BCUT2D eigenvalue weighted by molar-refractivity contribution is -0.137. The zero-order valence-electron chi connectivity index (χ0n) is 10.4. The SMILES string of the molecule is CC(CN)c1ccnn1-c1cccc(C(F)(F)F)c1. The highest BCUT2D eigenvalue weighted by molar-refractivity contribution is 5.38. The fraction of sp³-hybridized carbons (Fsp3) is 0.308. The Morgan fingerprint density at radius 3 is 2.68 bits per heavy atom. The highest BCUT2D eigenvalue weighted by Crippen LogP contribution is 2.30. The van der Waals surface area contributed by atoms with E-state index in [0.717, 1.165) is 17.8 Å². The lowest BCUT2D eigenvalue weighted by Crippen LogP contribution is -2.14. The van der Waals surface area contributed by atoms with Crippen LogP contribution in [0.25, 0.3) is 5.69 Å². The van der Waals surface area contributed by atoms with Crippen LogP contribution < -0.4 is 5.73 Å². The van der Waals surface area contributed by atoms with Crippen LogP contribution >= 0.6 is 0 Å². The van der Waals surface area contributed by atoms with Crippen LogP contribution in [0.4, 0.5) is 13.2 Å². The van der Waals surface area contributed by atoms with Gasteiger partial charge in [-0.25, -0.2) is 4.68 Å². The van der Waals surface area contributed by atoms with Crippen LogP contribution in [0.3, 0.4) is 0 Å². The number of benzene rings is 1. The summed E-state index contributed by atoms with van der Waals surface area (Å²) in [4.78, 5) is 0. The first-order chi connectivity index (χ1) is 8.93. The molecule has 0 spiro atoms. The summed E-state index contributed by atoms with van der Waals surface area (Å²) in [5.74, 6) is 0.0250. The number of hydrogen-bond donors (Lipinski definition) is 1. The molecule has 1 unspecified atom stereocenters. The summed E-state index contributed by atoms with van der Waals surface area (Å²) < 4.78 is 39.5. The Balaban J connectivity index is 2.46. The number of aromatic nitrogens is 2. The summed E-state index contributed by atoms with van der Waals surface area (Å²) >= 11 is 0. The minimum absolute atomic E-state index is 0.0250. The molecule has 3 nitrogen and oxygen atoms in total. The molecule has 0 saturated carbocycles. The first-order valence-electron chi connectivity index (χ1n) is 5.85. The van der Waals surface area contributed by atoms with Crippen molar-refractivity contribution in [2.45, 2.75) is 19.0 Å². The van der Waals surface area contributed by atoms with Crippen molar-refractivity contribution in [3.63, 3.8) is 0 Å². The van der Waals surface area contributed by atoms with Crippen LogP contribution in [0.1, 0.15) is 24.1 Å². The summed E-state index contributed by atoms with van der Waals surface area (Å²) in [6.07, 6.45) is -2.80. The molecule has 1 aromatic carbocycles. The lowest BCUT2D eigenvalue weighted by atomic mass is 10.1. The van der Waals surface area contributed by atoms with Gasteiger partial charge >= 0.3 is 6.18 Å². The molecule has 6 heteroatoms. The first-order valence-corrected chi connectivity index (χ1v) is 5.85. The minimum Gasteiger partial charge on any atom is -0.330 e. The highest BCUT2D eigenvalue weighted by Gasteiger charge is 2.30. The third-order valence-corrected chi connectivity index (χ3v) is 2.95. The molecule has 0 saturated heterocycles. The summed E-state index contributed by atoms with van der Waals surface area (Å²) in [7, 11) is 0. The predicted molar refractivity (Wildman–Crippen MR) is 66.0 cm³/mol. The molecular weight excluding hydrogens is 255 g/mol. The molecule has 0 aliphatic carbocycles. The van der Waals surface area contributed by atoms with E-state index in [1.165, 1.54) is 10.7 Å². The molecule has 0 fully saturated rings. The number of alkyl halides is 3. The molecular formula is C13H14F3N3. The van der Waals surface area contributed by atoms with Gasteiger partial charge in [-0.15, -0.1) is 0 Å². The molecule has 0 aliphatic rings. The number of nitrogens with zero attached hydrogens (tertiary/aromatic N) is 2. The summed E-state index contributed by atoms with van der Waals surface area (Å²) in [5.41, 5.74) is 6.08. The van der Waals surface area contributed by atoms with E-state index in [1.807, 2.05) is 6.92 Å². The molecule has 1 atom stereocenters. The van der Waals surface area contributed by atoms with Crippen molar-refractivity contribution in [1.82, 2.24) is 9.78 Å². The Bertz CT molecular complexity index is 560. The molecule has 1 aromatic heterocycles. The van der Waals surface area contributed by atoms with Crippen LogP contribution in [-0.4, -0.2) is 16.3 Å². The second kappa shape index (κ2) is 5.05. The Kier molecular flexibility index (Phi) is 3.61. The van der Waals surface area contributed by atoms with Gasteiger partial charge in [-0.2, -0.15) is 18.3 Å². The summed E-state index contributed by atoms with van der Waals surface area (Å²) in [5, 5.41) is 4.07. The van der Waals surface area contributed by atoms with Gasteiger partial charge in [0.05, 0.1) is 11.3 Å². The molecule has 2 rings (SSSR count). The fourth-order valence-corrected chi connectivity index (χ4v) is 1.84. The van der Waals surface area contributed by atoms with E-state index in [9.17, 15) is 13.2 Å².